The maximum Gasteiger partial charge on any atom is 0.273 e. The number of benzene rings is 3. The number of carbonyl (C=O) groups is 2. The first-order valence-electron chi connectivity index (χ1n) is 8.18. The van der Waals surface area contributed by atoms with Crippen molar-refractivity contribution in [3.63, 3.8) is 0 Å². The van der Waals surface area contributed by atoms with E-state index in [1.807, 2.05) is 30.3 Å². The van der Waals surface area contributed by atoms with Gasteiger partial charge in [-0.3, -0.25) is 9.59 Å². The summed E-state index contributed by atoms with van der Waals surface area (Å²) >= 11 is 0. The summed E-state index contributed by atoms with van der Waals surface area (Å²) in [5.74, 6) is -1.77. The first-order chi connectivity index (χ1) is 13.1. The van der Waals surface area contributed by atoms with Gasteiger partial charge in [-0.25, -0.2) is 9.82 Å². The van der Waals surface area contributed by atoms with Crippen molar-refractivity contribution in [2.24, 2.45) is 5.10 Å². The zero-order chi connectivity index (χ0) is 19.1. The Labute approximate surface area is 155 Å². The van der Waals surface area contributed by atoms with Crippen molar-refractivity contribution >= 4 is 23.7 Å². The summed E-state index contributed by atoms with van der Waals surface area (Å²) < 4.78 is 13.8. The van der Waals surface area contributed by atoms with Gasteiger partial charge in [0.25, 0.3) is 11.8 Å². The number of para-hydroxylation sites is 1. The van der Waals surface area contributed by atoms with E-state index >= 15 is 0 Å². The van der Waals surface area contributed by atoms with Gasteiger partial charge in [0.1, 0.15) is 5.82 Å². The molecule has 0 aliphatic carbocycles. The summed E-state index contributed by atoms with van der Waals surface area (Å²) in [5, 5.41) is 6.48. The van der Waals surface area contributed by atoms with E-state index in [1.165, 1.54) is 24.4 Å². The van der Waals surface area contributed by atoms with Gasteiger partial charge in [0.2, 0.25) is 0 Å². The minimum absolute atomic E-state index is 0.102. The Morgan fingerprint density at radius 3 is 2.15 bits per heavy atom. The Hall–Kier alpha value is -3.80. The molecule has 0 atom stereocenters. The number of rotatable bonds is 5. The number of halogens is 1. The summed E-state index contributed by atoms with van der Waals surface area (Å²) in [5.41, 5.74) is 3.63. The van der Waals surface area contributed by atoms with Crippen LogP contribution in [0.2, 0.25) is 0 Å². The predicted molar refractivity (Wildman–Crippen MR) is 102 cm³/mol. The van der Waals surface area contributed by atoms with Crippen molar-refractivity contribution in [3.8, 4) is 0 Å². The molecule has 0 fully saturated rings. The number of hydrogen-bond acceptors (Lipinski definition) is 3. The largest absolute Gasteiger partial charge is 0.321 e. The molecule has 0 spiro atoms. The van der Waals surface area contributed by atoms with Crippen LogP contribution < -0.4 is 10.7 Å². The molecule has 2 N–H and O–H groups in total. The van der Waals surface area contributed by atoms with E-state index in [9.17, 15) is 14.0 Å². The van der Waals surface area contributed by atoms with Crippen molar-refractivity contribution in [2.75, 3.05) is 5.32 Å². The minimum Gasteiger partial charge on any atom is -0.321 e. The minimum atomic E-state index is -0.638. The number of nitrogens with one attached hydrogen (secondary N) is 2. The second-order valence-electron chi connectivity index (χ2n) is 5.59. The molecule has 0 aromatic heterocycles. The molecule has 0 bridgehead atoms. The van der Waals surface area contributed by atoms with E-state index in [-0.39, 0.29) is 16.8 Å². The molecule has 0 saturated heterocycles. The zero-order valence-electron chi connectivity index (χ0n) is 14.2. The van der Waals surface area contributed by atoms with E-state index in [2.05, 4.69) is 15.8 Å². The maximum atomic E-state index is 13.8. The summed E-state index contributed by atoms with van der Waals surface area (Å²) in [4.78, 5) is 24.7. The van der Waals surface area contributed by atoms with Crippen LogP contribution in [0.15, 0.2) is 84.0 Å². The first-order valence-corrected chi connectivity index (χ1v) is 8.18. The fourth-order valence-corrected chi connectivity index (χ4v) is 2.39. The average molecular weight is 361 g/mol. The lowest BCUT2D eigenvalue weighted by atomic mass is 10.1. The lowest BCUT2D eigenvalue weighted by molar-refractivity contribution is 0.0956. The van der Waals surface area contributed by atoms with Crippen LogP contribution in [0.25, 0.3) is 0 Å². The third kappa shape index (κ3) is 4.64. The summed E-state index contributed by atoms with van der Waals surface area (Å²) in [7, 11) is 0. The molecule has 3 rings (SSSR count). The van der Waals surface area contributed by atoms with Gasteiger partial charge in [0, 0.05) is 0 Å². The van der Waals surface area contributed by atoms with Crippen molar-refractivity contribution in [3.05, 3.63) is 101 Å². The Kier molecular flexibility index (Phi) is 5.69. The van der Waals surface area contributed by atoms with Gasteiger partial charge in [0.15, 0.2) is 0 Å². The van der Waals surface area contributed by atoms with Gasteiger partial charge in [-0.1, -0.05) is 54.6 Å². The molecule has 0 radical (unpaired) electrons. The highest BCUT2D eigenvalue weighted by Crippen LogP contribution is 2.17. The van der Waals surface area contributed by atoms with Gasteiger partial charge < -0.3 is 5.32 Å². The number of hydrazone groups is 1. The van der Waals surface area contributed by atoms with E-state index in [4.69, 9.17) is 0 Å². The molecule has 5 nitrogen and oxygen atoms in total. The van der Waals surface area contributed by atoms with Gasteiger partial charge in [-0.15, -0.1) is 0 Å². The molecule has 0 aliphatic rings. The Balaban J connectivity index is 1.73. The van der Waals surface area contributed by atoms with E-state index in [0.717, 1.165) is 5.56 Å². The van der Waals surface area contributed by atoms with Crippen LogP contribution in [0.5, 0.6) is 0 Å². The monoisotopic (exact) mass is 361 g/mol. The average Bonchev–Trinajstić information content (AvgIpc) is 2.69. The molecule has 0 heterocycles. The van der Waals surface area contributed by atoms with Crippen LogP contribution in [0.1, 0.15) is 26.3 Å². The number of amides is 2. The lowest BCUT2D eigenvalue weighted by Gasteiger charge is -2.10. The fourth-order valence-electron chi connectivity index (χ4n) is 2.39. The van der Waals surface area contributed by atoms with Crippen LogP contribution in [0.3, 0.4) is 0 Å². The standard InChI is InChI=1S/C21H16FN3O2/c22-18-12-6-4-10-16(18)20(26)24-19-13-7-5-11-17(19)21(27)25-23-14-15-8-2-1-3-9-15/h1-14H,(H,24,26)(H,25,27). The van der Waals surface area contributed by atoms with Crippen molar-refractivity contribution in [1.82, 2.24) is 5.43 Å². The summed E-state index contributed by atoms with van der Waals surface area (Å²) in [6, 6.07) is 21.4. The Bertz CT molecular complexity index is 987. The number of hydrogen-bond donors (Lipinski definition) is 2. The van der Waals surface area contributed by atoms with Gasteiger partial charge in [-0.05, 0) is 29.8 Å². The van der Waals surface area contributed by atoms with Gasteiger partial charge in [0.05, 0.1) is 23.0 Å². The molecule has 3 aromatic carbocycles. The van der Waals surface area contributed by atoms with Crippen LogP contribution >= 0.6 is 0 Å². The van der Waals surface area contributed by atoms with E-state index in [1.54, 1.807) is 30.3 Å². The maximum absolute atomic E-state index is 13.8. The smallest absolute Gasteiger partial charge is 0.273 e. The predicted octanol–water partition coefficient (Wildman–Crippen LogP) is 3.84. The normalized spacial score (nSPS) is 10.6. The van der Waals surface area contributed by atoms with Crippen molar-refractivity contribution in [2.45, 2.75) is 0 Å². The molecular formula is C21H16FN3O2. The second kappa shape index (κ2) is 8.53. The number of nitrogens with zero attached hydrogens (tertiary/aromatic N) is 1. The molecule has 3 aromatic rings. The highest BCUT2D eigenvalue weighted by atomic mass is 19.1. The van der Waals surface area contributed by atoms with Crippen LogP contribution in [-0.4, -0.2) is 18.0 Å². The van der Waals surface area contributed by atoms with Crippen LogP contribution in [0, 0.1) is 5.82 Å². The van der Waals surface area contributed by atoms with E-state index in [0.29, 0.717) is 0 Å². The zero-order valence-corrected chi connectivity index (χ0v) is 14.2. The Morgan fingerprint density at radius 2 is 1.41 bits per heavy atom. The Morgan fingerprint density at radius 1 is 0.778 bits per heavy atom. The molecule has 0 aliphatic heterocycles. The van der Waals surface area contributed by atoms with Crippen LogP contribution in [0.4, 0.5) is 10.1 Å². The van der Waals surface area contributed by atoms with Gasteiger partial charge >= 0.3 is 0 Å². The second-order valence-corrected chi connectivity index (χ2v) is 5.59. The third-order valence-electron chi connectivity index (χ3n) is 3.72. The SMILES string of the molecule is O=C(Nc1ccccc1C(=O)NN=Cc1ccccc1)c1ccccc1F. The van der Waals surface area contributed by atoms with Gasteiger partial charge in [-0.2, -0.15) is 5.10 Å². The quantitative estimate of drug-likeness (QED) is 0.535. The first kappa shape index (κ1) is 18.0. The van der Waals surface area contributed by atoms with Crippen molar-refractivity contribution in [1.29, 1.82) is 0 Å². The van der Waals surface area contributed by atoms with E-state index < -0.39 is 17.6 Å². The summed E-state index contributed by atoms with van der Waals surface area (Å²) in [6.45, 7) is 0. The third-order valence-corrected chi connectivity index (χ3v) is 3.72. The van der Waals surface area contributed by atoms with Crippen LogP contribution in [-0.2, 0) is 0 Å². The lowest BCUT2D eigenvalue weighted by Crippen LogP contribution is -2.21. The highest BCUT2D eigenvalue weighted by Gasteiger charge is 2.15. The molecule has 0 saturated carbocycles. The molecule has 134 valence electrons. The fraction of sp³-hybridized carbons (Fsp3) is 0. The van der Waals surface area contributed by atoms with Crippen molar-refractivity contribution < 1.29 is 14.0 Å². The topological polar surface area (TPSA) is 70.6 Å². The molecule has 2 amide bonds. The number of carbonyl (C=O) groups excluding carboxylic acids is 2. The summed E-state index contributed by atoms with van der Waals surface area (Å²) in [6.07, 6.45) is 1.51. The molecule has 6 heteroatoms. The molecule has 27 heavy (non-hydrogen) atoms. The highest BCUT2D eigenvalue weighted by molar-refractivity contribution is 6.09. The molecular weight excluding hydrogens is 345 g/mol. The number of anilines is 1. The molecule has 0 unspecified atom stereocenters.